The monoisotopic (exact) mass is 682 g/mol. The maximum absolute atomic E-state index is 12.3. The van der Waals surface area contributed by atoms with E-state index in [0.717, 1.165) is 49.0 Å². The van der Waals surface area contributed by atoms with Crippen molar-refractivity contribution in [3.8, 4) is 11.1 Å². The highest BCUT2D eigenvalue weighted by Gasteiger charge is 2.38. The molecule has 0 unspecified atom stereocenters. The third-order valence-electron chi connectivity index (χ3n) is 8.39. The number of esters is 1. The number of benzene rings is 4. The van der Waals surface area contributed by atoms with E-state index in [-0.39, 0.29) is 30.6 Å². The van der Waals surface area contributed by atoms with E-state index in [1.165, 1.54) is 11.6 Å². The largest absolute Gasteiger partial charge is 0.453 e. The second kappa shape index (κ2) is 15.4. The molecule has 0 aliphatic carbocycles. The Morgan fingerprint density at radius 1 is 0.938 bits per heavy atom. The van der Waals surface area contributed by atoms with E-state index in [1.54, 1.807) is 30.0 Å². The van der Waals surface area contributed by atoms with E-state index < -0.39 is 18.4 Å². The molecule has 5 atom stereocenters. The van der Waals surface area contributed by atoms with Crippen molar-refractivity contribution in [1.29, 1.82) is 0 Å². The Morgan fingerprint density at radius 2 is 1.69 bits per heavy atom. The summed E-state index contributed by atoms with van der Waals surface area (Å²) in [4.78, 5) is 28.3. The number of hydrogen-bond donors (Lipinski definition) is 2. The van der Waals surface area contributed by atoms with E-state index in [0.29, 0.717) is 6.54 Å². The Bertz CT molecular complexity index is 1830. The summed E-state index contributed by atoms with van der Waals surface area (Å²) in [6, 6.07) is 32.3. The van der Waals surface area contributed by atoms with Crippen LogP contribution in [-0.4, -0.2) is 39.9 Å². The normalized spacial score (nSPS) is 19.9. The van der Waals surface area contributed by atoms with Gasteiger partial charge in [0.25, 0.3) is 5.91 Å². The first-order valence-corrected chi connectivity index (χ1v) is 17.7. The van der Waals surface area contributed by atoms with Gasteiger partial charge in [0.2, 0.25) is 0 Å². The molecule has 8 nitrogen and oxygen atoms in total. The summed E-state index contributed by atoms with van der Waals surface area (Å²) in [5, 5.41) is 12.4. The number of para-hydroxylation sites is 1. The zero-order valence-electron chi connectivity index (χ0n) is 27.0. The fourth-order valence-electron chi connectivity index (χ4n) is 5.71. The van der Waals surface area contributed by atoms with Crippen molar-refractivity contribution in [2.75, 3.05) is 5.75 Å². The van der Waals surface area contributed by atoms with Gasteiger partial charge in [-0.2, -0.15) is 0 Å². The van der Waals surface area contributed by atoms with Gasteiger partial charge < -0.3 is 24.6 Å². The van der Waals surface area contributed by atoms with Gasteiger partial charge in [-0.25, -0.2) is 4.98 Å². The lowest BCUT2D eigenvalue weighted by molar-refractivity contribution is -0.268. The molecule has 0 bridgehead atoms. The number of ether oxygens (including phenoxy) is 3. The molecular weight excluding hydrogens is 645 g/mol. The van der Waals surface area contributed by atoms with Crippen LogP contribution in [0.4, 0.5) is 0 Å². The number of rotatable bonds is 11. The number of thioether (sulfide) groups is 1. The standard InChI is InChI=1S/C38H38N2O6S2/c1-23-33(22-47-38-40-32-9-4-5-10-34(32)48-38)45-37(46-35(23)29-13-11-26(21-41)12-14-29)30-17-15-28(16-18-30)31-8-6-7-27(19-31)20-39-36(43)24(2)44-25(3)42/h4-19,23-24,33,35,37,41H,20-22H2,1-3H3,(H,39,43)/t23-,24-,33+,35+,37+/m0/s1. The van der Waals surface area contributed by atoms with Crippen LogP contribution in [-0.2, 0) is 37.0 Å². The SMILES string of the molecule is CC(=O)O[C@@H](C)C(=O)NCc1cccc(-c2ccc([C@@H]3O[C@H](CSc4nc5ccccc5s4)[C@H](C)[C@H](c4ccc(CO)cc4)O3)cc2)c1. The second-order valence-electron chi connectivity index (χ2n) is 11.9. The Kier molecular flexibility index (Phi) is 10.9. The van der Waals surface area contributed by atoms with Gasteiger partial charge in [-0.15, -0.1) is 11.3 Å². The van der Waals surface area contributed by atoms with Gasteiger partial charge in [0.05, 0.1) is 29.0 Å². The maximum atomic E-state index is 12.3. The molecule has 248 valence electrons. The summed E-state index contributed by atoms with van der Waals surface area (Å²) in [5.41, 5.74) is 6.78. The number of nitrogens with zero attached hydrogens (tertiary/aromatic N) is 1. The van der Waals surface area contributed by atoms with Crippen LogP contribution in [0.2, 0.25) is 0 Å². The van der Waals surface area contributed by atoms with Crippen molar-refractivity contribution >= 4 is 45.2 Å². The average Bonchev–Trinajstić information content (AvgIpc) is 3.53. The summed E-state index contributed by atoms with van der Waals surface area (Å²) >= 11 is 3.41. The number of hydrogen-bond acceptors (Lipinski definition) is 9. The van der Waals surface area contributed by atoms with Crippen molar-refractivity contribution in [2.24, 2.45) is 5.92 Å². The Morgan fingerprint density at radius 3 is 2.42 bits per heavy atom. The molecule has 1 fully saturated rings. The molecule has 1 aromatic heterocycles. The molecule has 5 aromatic rings. The van der Waals surface area contributed by atoms with E-state index in [1.807, 2.05) is 78.9 Å². The molecule has 2 heterocycles. The predicted molar refractivity (Wildman–Crippen MR) is 188 cm³/mol. The summed E-state index contributed by atoms with van der Waals surface area (Å²) in [5.74, 6) is -0.0378. The van der Waals surface area contributed by atoms with Crippen LogP contribution < -0.4 is 5.32 Å². The van der Waals surface area contributed by atoms with Crippen molar-refractivity contribution in [3.63, 3.8) is 0 Å². The van der Waals surface area contributed by atoms with E-state index >= 15 is 0 Å². The van der Waals surface area contributed by atoms with Gasteiger partial charge in [0.15, 0.2) is 16.7 Å². The molecule has 48 heavy (non-hydrogen) atoms. The van der Waals surface area contributed by atoms with E-state index in [2.05, 4.69) is 30.4 Å². The Balaban J connectivity index is 1.18. The molecular formula is C38H38N2O6S2. The summed E-state index contributed by atoms with van der Waals surface area (Å²) in [6.45, 7) is 5.31. The van der Waals surface area contributed by atoms with Gasteiger partial charge in [0.1, 0.15) is 0 Å². The minimum Gasteiger partial charge on any atom is -0.453 e. The molecule has 6 rings (SSSR count). The number of fused-ring (bicyclic) bond motifs is 1. The number of carbonyl (C=O) groups excluding carboxylic acids is 2. The molecule has 4 aromatic carbocycles. The van der Waals surface area contributed by atoms with Gasteiger partial charge in [0, 0.05) is 30.7 Å². The molecule has 1 aliphatic rings. The third kappa shape index (κ3) is 8.14. The molecule has 10 heteroatoms. The zero-order valence-corrected chi connectivity index (χ0v) is 28.6. The first kappa shape index (κ1) is 33.8. The first-order valence-electron chi connectivity index (χ1n) is 15.9. The van der Waals surface area contributed by atoms with Crippen LogP contribution >= 0.6 is 23.1 Å². The van der Waals surface area contributed by atoms with E-state index in [9.17, 15) is 14.7 Å². The topological polar surface area (TPSA) is 107 Å². The second-order valence-corrected chi connectivity index (χ2v) is 14.2. The van der Waals surface area contributed by atoms with E-state index in [4.69, 9.17) is 19.2 Å². The lowest BCUT2D eigenvalue weighted by Gasteiger charge is -2.41. The quantitative estimate of drug-likeness (QED) is 0.108. The lowest BCUT2D eigenvalue weighted by atomic mass is 9.91. The number of thiazole rings is 1. The highest BCUT2D eigenvalue weighted by molar-refractivity contribution is 8.01. The van der Waals surface area contributed by atoms with Crippen LogP contribution in [0.3, 0.4) is 0 Å². The highest BCUT2D eigenvalue weighted by Crippen LogP contribution is 2.43. The van der Waals surface area contributed by atoms with Gasteiger partial charge in [-0.1, -0.05) is 97.5 Å². The molecule has 1 saturated heterocycles. The first-order chi connectivity index (χ1) is 23.3. The van der Waals surface area contributed by atoms with Crippen molar-refractivity contribution in [3.05, 3.63) is 119 Å². The smallest absolute Gasteiger partial charge is 0.303 e. The molecule has 0 saturated carbocycles. The predicted octanol–water partition coefficient (Wildman–Crippen LogP) is 7.61. The highest BCUT2D eigenvalue weighted by atomic mass is 32.2. The maximum Gasteiger partial charge on any atom is 0.303 e. The van der Waals surface area contributed by atoms with Crippen LogP contribution in [0.15, 0.2) is 101 Å². The van der Waals surface area contributed by atoms with Crippen molar-refractivity contribution in [2.45, 2.75) is 62.9 Å². The number of aromatic nitrogens is 1. The van der Waals surface area contributed by atoms with Crippen molar-refractivity contribution < 1.29 is 28.9 Å². The van der Waals surface area contributed by atoms with Gasteiger partial charge in [-0.05, 0) is 52.9 Å². The van der Waals surface area contributed by atoms with Crippen LogP contribution in [0.1, 0.15) is 55.4 Å². The molecule has 1 aliphatic heterocycles. The summed E-state index contributed by atoms with van der Waals surface area (Å²) < 4.78 is 20.5. The number of amides is 1. The summed E-state index contributed by atoms with van der Waals surface area (Å²) in [6.07, 6.45) is -1.72. The third-order valence-corrected chi connectivity index (χ3v) is 10.7. The lowest BCUT2D eigenvalue weighted by Crippen LogP contribution is -2.38. The number of nitrogens with one attached hydrogen (secondary N) is 1. The Hall–Kier alpha value is -4.06. The summed E-state index contributed by atoms with van der Waals surface area (Å²) in [7, 11) is 0. The van der Waals surface area contributed by atoms with Gasteiger partial charge >= 0.3 is 5.97 Å². The van der Waals surface area contributed by atoms with Crippen LogP contribution in [0.25, 0.3) is 21.3 Å². The minimum atomic E-state index is -0.851. The fourth-order valence-corrected chi connectivity index (χ4v) is 7.96. The van der Waals surface area contributed by atoms with Crippen LogP contribution in [0, 0.1) is 5.92 Å². The molecule has 0 spiro atoms. The van der Waals surface area contributed by atoms with Crippen molar-refractivity contribution in [1.82, 2.24) is 10.3 Å². The Labute approximate surface area is 288 Å². The van der Waals surface area contributed by atoms with Gasteiger partial charge in [-0.3, -0.25) is 9.59 Å². The number of carbonyl (C=O) groups is 2. The molecule has 2 N–H and O–H groups in total. The van der Waals surface area contributed by atoms with Crippen LogP contribution in [0.5, 0.6) is 0 Å². The number of aliphatic hydroxyl groups is 1. The fraction of sp³-hybridized carbons (Fsp3) is 0.289. The molecule has 0 radical (unpaired) electrons. The molecule has 1 amide bonds. The average molecular weight is 683 g/mol. The number of aliphatic hydroxyl groups excluding tert-OH is 1. The zero-order chi connectivity index (χ0) is 33.6. The minimum absolute atomic E-state index is 0.00624.